The molecule has 3 nitrogen and oxygen atoms in total. The number of aromatic nitrogens is 1. The van der Waals surface area contributed by atoms with Crippen molar-refractivity contribution >= 4 is 50.6 Å². The minimum Gasteiger partial charge on any atom is -0.309 e. The predicted octanol–water partition coefficient (Wildman–Crippen LogP) is 7.57. The number of fused-ring (bicyclic) bond motifs is 3. The Morgan fingerprint density at radius 1 is 0.458 bits per heavy atom. The number of nitriles is 2. The molecule has 224 valence electrons. The van der Waals surface area contributed by atoms with Gasteiger partial charge in [-0.3, -0.25) is 0 Å². The van der Waals surface area contributed by atoms with Crippen LogP contribution in [-0.4, -0.2) is 12.6 Å². The van der Waals surface area contributed by atoms with Crippen molar-refractivity contribution in [2.75, 3.05) is 0 Å². The molecule has 8 rings (SSSR count). The van der Waals surface area contributed by atoms with Crippen LogP contribution in [0.4, 0.5) is 0 Å². The van der Waals surface area contributed by atoms with E-state index in [0.29, 0.717) is 11.1 Å². The van der Waals surface area contributed by atoms with Crippen LogP contribution in [0.3, 0.4) is 0 Å². The largest absolute Gasteiger partial charge is 0.309 e. The molecular weight excluding hydrogens is 599 g/mol. The molecule has 0 aliphatic rings. The Bertz CT molecular complexity index is 2370. The Labute approximate surface area is 280 Å². The van der Waals surface area contributed by atoms with Gasteiger partial charge in [-0.25, -0.2) is 0 Å². The van der Waals surface area contributed by atoms with Crippen LogP contribution in [0, 0.1) is 22.7 Å². The van der Waals surface area contributed by atoms with Crippen LogP contribution in [0.15, 0.2) is 176 Å². The molecule has 0 bridgehead atoms. The monoisotopic (exact) mass is 627 g/mol. The summed E-state index contributed by atoms with van der Waals surface area (Å²) in [6.45, 7) is 0. The molecule has 1 aromatic heterocycles. The predicted molar refractivity (Wildman–Crippen MR) is 199 cm³/mol. The minimum absolute atomic E-state index is 0.463. The fraction of sp³-hybridized carbons (Fsp3) is 0. The van der Waals surface area contributed by atoms with Crippen molar-refractivity contribution in [2.24, 2.45) is 0 Å². The zero-order valence-electron chi connectivity index (χ0n) is 26.1. The van der Waals surface area contributed by atoms with Crippen LogP contribution in [0.5, 0.6) is 0 Å². The van der Waals surface area contributed by atoms with Gasteiger partial charge in [0.2, 0.25) is 0 Å². The van der Waals surface area contributed by atoms with Gasteiger partial charge in [-0.2, -0.15) is 10.5 Å². The van der Waals surface area contributed by atoms with E-state index in [9.17, 15) is 10.5 Å². The number of nitrogens with zero attached hydrogens (tertiary/aromatic N) is 3. The van der Waals surface area contributed by atoms with Crippen molar-refractivity contribution in [1.82, 2.24) is 4.57 Å². The second kappa shape index (κ2) is 12.0. The van der Waals surface area contributed by atoms with E-state index in [4.69, 9.17) is 0 Å². The van der Waals surface area contributed by atoms with E-state index in [1.54, 1.807) is 6.07 Å². The van der Waals surface area contributed by atoms with E-state index in [1.165, 1.54) is 26.3 Å². The number of hydrogen-bond donors (Lipinski definition) is 0. The Balaban J connectivity index is 1.50. The fourth-order valence-electron chi connectivity index (χ4n) is 7.44. The summed E-state index contributed by atoms with van der Waals surface area (Å²) in [5.41, 5.74) is 6.11. The third-order valence-corrected chi connectivity index (χ3v) is 14.3. The lowest BCUT2D eigenvalue weighted by Crippen LogP contribution is -2.75. The molecule has 0 N–H and O–H groups in total. The quantitative estimate of drug-likeness (QED) is 0.141. The molecule has 0 unspecified atom stereocenters. The van der Waals surface area contributed by atoms with Crippen molar-refractivity contribution < 1.29 is 0 Å². The average Bonchev–Trinajstić information content (AvgIpc) is 3.51. The summed E-state index contributed by atoms with van der Waals surface area (Å²) in [4.78, 5) is 0. The van der Waals surface area contributed by atoms with E-state index < -0.39 is 8.07 Å². The Hall–Kier alpha value is -6.46. The summed E-state index contributed by atoms with van der Waals surface area (Å²) in [5, 5.41) is 28.1. The molecule has 48 heavy (non-hydrogen) atoms. The molecule has 0 aliphatic carbocycles. The maximum Gasteiger partial charge on any atom is 0.181 e. The maximum absolute atomic E-state index is 10.9. The number of rotatable bonds is 6. The summed E-state index contributed by atoms with van der Waals surface area (Å²) in [6.07, 6.45) is 0. The second-order valence-corrected chi connectivity index (χ2v) is 15.7. The van der Waals surface area contributed by atoms with Crippen LogP contribution >= 0.6 is 0 Å². The van der Waals surface area contributed by atoms with Crippen molar-refractivity contribution in [3.8, 4) is 29.0 Å². The molecule has 0 saturated carbocycles. The maximum atomic E-state index is 10.9. The first kappa shape index (κ1) is 29.0. The molecule has 0 amide bonds. The summed E-state index contributed by atoms with van der Waals surface area (Å²) < 4.78 is 2.31. The summed E-state index contributed by atoms with van der Waals surface area (Å²) in [7, 11) is -3.14. The first-order valence-corrected chi connectivity index (χ1v) is 18.0. The second-order valence-electron chi connectivity index (χ2n) is 11.9. The van der Waals surface area contributed by atoms with E-state index >= 15 is 0 Å². The highest BCUT2D eigenvalue weighted by atomic mass is 28.3. The number of benzene rings is 7. The third kappa shape index (κ3) is 4.55. The average molecular weight is 628 g/mol. The summed E-state index contributed by atoms with van der Waals surface area (Å²) in [6, 6.07) is 66.0. The van der Waals surface area contributed by atoms with Crippen LogP contribution in [0.25, 0.3) is 38.6 Å². The molecule has 0 saturated heterocycles. The smallest absolute Gasteiger partial charge is 0.181 e. The zero-order valence-corrected chi connectivity index (χ0v) is 27.1. The van der Waals surface area contributed by atoms with Crippen LogP contribution in [0.2, 0.25) is 0 Å². The first-order valence-electron chi connectivity index (χ1n) is 16.0. The lowest BCUT2D eigenvalue weighted by atomic mass is 9.99. The zero-order chi connectivity index (χ0) is 32.5. The molecule has 0 fully saturated rings. The van der Waals surface area contributed by atoms with Gasteiger partial charge in [0.15, 0.2) is 8.07 Å². The molecule has 8 aromatic rings. The fourth-order valence-corrected chi connectivity index (χ4v) is 12.5. The van der Waals surface area contributed by atoms with Gasteiger partial charge in [-0.1, -0.05) is 140 Å². The molecule has 0 aliphatic heterocycles. The first-order chi connectivity index (χ1) is 23.7. The van der Waals surface area contributed by atoms with Gasteiger partial charge in [0, 0.05) is 16.5 Å². The molecular formula is C44H29N3Si. The van der Waals surface area contributed by atoms with Crippen LogP contribution in [0.1, 0.15) is 11.1 Å². The summed E-state index contributed by atoms with van der Waals surface area (Å²) >= 11 is 0. The third-order valence-electron chi connectivity index (χ3n) is 9.38. The molecule has 0 radical (unpaired) electrons. The summed E-state index contributed by atoms with van der Waals surface area (Å²) in [5.74, 6) is 0. The molecule has 0 spiro atoms. The lowest BCUT2D eigenvalue weighted by Gasteiger charge is -2.36. The van der Waals surface area contributed by atoms with Crippen molar-refractivity contribution in [2.45, 2.75) is 0 Å². The van der Waals surface area contributed by atoms with Gasteiger partial charge >= 0.3 is 0 Å². The Morgan fingerprint density at radius 2 is 0.958 bits per heavy atom. The molecule has 7 aromatic carbocycles. The Morgan fingerprint density at radius 3 is 1.46 bits per heavy atom. The topological polar surface area (TPSA) is 52.5 Å². The van der Waals surface area contributed by atoms with Gasteiger partial charge < -0.3 is 4.57 Å². The van der Waals surface area contributed by atoms with Crippen LogP contribution < -0.4 is 20.7 Å². The van der Waals surface area contributed by atoms with Gasteiger partial charge in [-0.15, -0.1) is 0 Å². The SMILES string of the molecule is N#Cc1cc(C#N)c([Si](c2ccccc2)(c2ccccc2)c2ccccc2)c(-c2cccc(-n3c4ccccc4c4ccccc43)c2)c1. The van der Waals surface area contributed by atoms with E-state index in [-0.39, 0.29) is 0 Å². The van der Waals surface area contributed by atoms with Crippen molar-refractivity contribution in [3.63, 3.8) is 0 Å². The highest BCUT2D eigenvalue weighted by molar-refractivity contribution is 7.20. The van der Waals surface area contributed by atoms with Crippen molar-refractivity contribution in [1.29, 1.82) is 10.5 Å². The van der Waals surface area contributed by atoms with E-state index in [2.05, 4.69) is 162 Å². The van der Waals surface area contributed by atoms with Crippen molar-refractivity contribution in [3.05, 3.63) is 187 Å². The molecule has 0 atom stereocenters. The highest BCUT2D eigenvalue weighted by Gasteiger charge is 2.45. The number of hydrogen-bond acceptors (Lipinski definition) is 2. The van der Waals surface area contributed by atoms with E-state index in [0.717, 1.165) is 33.0 Å². The van der Waals surface area contributed by atoms with Gasteiger partial charge in [0.1, 0.15) is 0 Å². The molecule has 4 heteroatoms. The molecule has 1 heterocycles. The van der Waals surface area contributed by atoms with Crippen LogP contribution in [-0.2, 0) is 0 Å². The lowest BCUT2D eigenvalue weighted by molar-refractivity contribution is 1.18. The van der Waals surface area contributed by atoms with Gasteiger partial charge in [0.05, 0.1) is 34.3 Å². The standard InChI is InChI=1S/C44H29N3Si/c45-30-32-27-34(31-46)44(48(36-17-4-1-5-18-36,37-19-6-2-7-20-37)38-21-8-3-9-22-38)41(28-32)33-15-14-16-35(29-33)47-42-25-12-10-23-39(42)40-24-11-13-26-43(40)47/h1-29H. The number of para-hydroxylation sites is 2. The normalized spacial score (nSPS) is 11.3. The van der Waals surface area contributed by atoms with Gasteiger partial charge in [0.25, 0.3) is 0 Å². The Kier molecular flexibility index (Phi) is 7.27. The van der Waals surface area contributed by atoms with Gasteiger partial charge in [-0.05, 0) is 68.3 Å². The van der Waals surface area contributed by atoms with E-state index in [1.807, 2.05) is 24.3 Å². The minimum atomic E-state index is -3.14. The highest BCUT2D eigenvalue weighted by Crippen LogP contribution is 2.34.